The summed E-state index contributed by atoms with van der Waals surface area (Å²) in [6.45, 7) is 9.26. The van der Waals surface area contributed by atoms with Gasteiger partial charge in [0.1, 0.15) is 6.54 Å². The summed E-state index contributed by atoms with van der Waals surface area (Å²) in [6, 6.07) is 18.8. The number of benzene rings is 4. The van der Waals surface area contributed by atoms with Gasteiger partial charge < -0.3 is 4.90 Å². The molecule has 1 aliphatic carbocycles. The van der Waals surface area contributed by atoms with E-state index in [-0.39, 0.29) is 67.0 Å². The van der Waals surface area contributed by atoms with Crippen LogP contribution in [0.1, 0.15) is 96.6 Å². The summed E-state index contributed by atoms with van der Waals surface area (Å²) in [5.74, 6) is -0.524. The molecule has 0 spiro atoms. The van der Waals surface area contributed by atoms with Gasteiger partial charge in [-0.15, -0.1) is 24.8 Å². The Labute approximate surface area is 499 Å². The van der Waals surface area contributed by atoms with E-state index in [9.17, 15) is 35.8 Å². The molecular formula is C56H67N4O17S6+. The van der Waals surface area contributed by atoms with Crippen molar-refractivity contribution in [3.8, 4) is 0 Å². The molecule has 0 atom stereocenters. The molecule has 3 aliphatic heterocycles. The average molecular weight is 1260 g/mol. The maximum atomic E-state index is 14.4. The highest BCUT2D eigenvalue weighted by Crippen LogP contribution is 2.52. The lowest BCUT2D eigenvalue weighted by molar-refractivity contribution is -0.438. The number of fused-ring (bicyclic) bond motifs is 6. The molecule has 2 amide bonds. The predicted octanol–water partition coefficient (Wildman–Crippen LogP) is 11.1. The number of hydrogen-bond acceptors (Lipinski definition) is 21. The third kappa shape index (κ3) is 14.7. The van der Waals surface area contributed by atoms with Crippen LogP contribution >= 0.6 is 47.9 Å². The molecule has 0 radical (unpaired) electrons. The maximum absolute atomic E-state index is 14.4. The maximum Gasteiger partial charge on any atom is 0.265 e. The first-order valence-corrected chi connectivity index (χ1v) is 33.4. The number of allylic oxidation sites excluding steroid dienone is 7. The number of ketones is 1. The summed E-state index contributed by atoms with van der Waals surface area (Å²) >= 11 is 4.18. The van der Waals surface area contributed by atoms with Crippen LogP contribution in [0.4, 0.5) is 11.4 Å². The van der Waals surface area contributed by atoms with Crippen molar-refractivity contribution in [1.29, 1.82) is 0 Å². The Hall–Kier alpha value is -4.50. The Balaban J connectivity index is 1.16. The van der Waals surface area contributed by atoms with Gasteiger partial charge in [0.2, 0.25) is 27.5 Å². The van der Waals surface area contributed by atoms with Crippen molar-refractivity contribution in [3.63, 3.8) is 0 Å². The van der Waals surface area contributed by atoms with Crippen LogP contribution in [-0.2, 0) is 73.5 Å². The molecule has 27 heteroatoms. The molecule has 0 aromatic heterocycles. The van der Waals surface area contributed by atoms with E-state index in [4.69, 9.17) is 24.4 Å². The molecule has 0 saturated carbocycles. The Bertz CT molecular complexity index is 3490. The Morgan fingerprint density at radius 1 is 0.735 bits per heavy atom. The summed E-state index contributed by atoms with van der Waals surface area (Å²) in [6.07, 6.45) is 12.0. The lowest BCUT2D eigenvalue weighted by Gasteiger charge is -2.27. The van der Waals surface area contributed by atoms with Crippen LogP contribution in [0.5, 0.6) is 0 Å². The SMILES string of the molecule is CN(CCCC(=O)CN1C(=O)CCC1=O)S(=O)(=O)c1cccc2c3c(ccc12)N(CCCSOOO)/C(=C/C=C1\CCCC(/C=C/C2=[N+](CCCSOOO)c4ccc5c(SOOO)cccc5c4C2(C)C)=C1SCCS(=O)(=O)O)C3(C)C. The van der Waals surface area contributed by atoms with Crippen molar-refractivity contribution in [2.75, 3.05) is 61.1 Å². The Morgan fingerprint density at radius 2 is 1.41 bits per heavy atom. The van der Waals surface area contributed by atoms with Gasteiger partial charge in [0.25, 0.3) is 10.1 Å². The second kappa shape index (κ2) is 28.3. The third-order valence-electron chi connectivity index (χ3n) is 15.3. The number of thioether (sulfide) groups is 1. The van der Waals surface area contributed by atoms with E-state index in [1.54, 1.807) is 12.1 Å². The van der Waals surface area contributed by atoms with E-state index in [0.717, 1.165) is 118 Å². The number of likely N-dealkylation sites (tertiary alicyclic amines) is 1. The fourth-order valence-electron chi connectivity index (χ4n) is 11.5. The Morgan fingerprint density at radius 3 is 2.11 bits per heavy atom. The van der Waals surface area contributed by atoms with Crippen LogP contribution in [0.3, 0.4) is 0 Å². The van der Waals surface area contributed by atoms with Crippen molar-refractivity contribution in [2.45, 2.75) is 106 Å². The molecule has 3 heterocycles. The molecular weight excluding hydrogens is 1190 g/mol. The zero-order chi connectivity index (χ0) is 59.7. The predicted molar refractivity (Wildman–Crippen MR) is 321 cm³/mol. The van der Waals surface area contributed by atoms with Crippen LogP contribution in [-0.4, -0.2) is 130 Å². The third-order valence-corrected chi connectivity index (χ3v) is 21.3. The number of Topliss-reactive ketones (excluding diaryl/α,β-unsaturated/α-hetero) is 1. The smallest absolute Gasteiger partial charge is 0.265 e. The highest BCUT2D eigenvalue weighted by atomic mass is 32.2. The number of anilines is 1. The second-order valence-corrected chi connectivity index (χ2v) is 28.2. The fourth-order valence-corrected chi connectivity index (χ4v) is 16.3. The van der Waals surface area contributed by atoms with Crippen molar-refractivity contribution >= 4 is 124 Å². The normalized spacial score (nSPS) is 18.2. The van der Waals surface area contributed by atoms with E-state index in [1.807, 2.05) is 42.5 Å². The summed E-state index contributed by atoms with van der Waals surface area (Å²) in [7, 11) is -6.94. The van der Waals surface area contributed by atoms with E-state index < -0.39 is 36.7 Å². The molecule has 4 aromatic carbocycles. The number of imide groups is 1. The summed E-state index contributed by atoms with van der Waals surface area (Å²) in [5, 5.41) is 41.3. The Kier molecular flexibility index (Phi) is 22.0. The van der Waals surface area contributed by atoms with Crippen molar-refractivity contribution in [1.82, 2.24) is 9.21 Å². The van der Waals surface area contributed by atoms with E-state index in [0.29, 0.717) is 55.7 Å². The standard InChI is InChI=1S/C56H66N4O17S6/c1-55(2)48(58(30-10-32-79-75-72-64)44-23-21-40-42(52(44)55)15-7-17-46(40)81-77-74-66)25-19-37-12-6-13-38(54(37)78-34-35-82(67,68)69)20-26-49-56(3,4)53-43-16-8-18-47(41(43)22-24-45(53)59(49)31-11-33-80-76-73-65)83(70,71)57(5)29-9-14-39(61)36-60-50(62)27-28-51(60)63/h7-8,15-26H,6,9-14,27-36H2,1-5H3,(H3-,64,65,66,67,68,69)/p+1. The zero-order valence-corrected chi connectivity index (χ0v) is 51.3. The number of carbonyl (C=O) groups is 3. The van der Waals surface area contributed by atoms with Gasteiger partial charge in [-0.25, -0.2) is 28.5 Å². The molecule has 4 aliphatic rings. The van der Waals surface area contributed by atoms with Crippen LogP contribution in [0.2, 0.25) is 0 Å². The van der Waals surface area contributed by atoms with Crippen molar-refractivity contribution in [2.24, 2.45) is 0 Å². The minimum Gasteiger partial charge on any atom is -0.344 e. The first-order valence-electron chi connectivity index (χ1n) is 26.8. The van der Waals surface area contributed by atoms with Crippen LogP contribution < -0.4 is 4.90 Å². The van der Waals surface area contributed by atoms with Gasteiger partial charge in [0, 0.05) is 137 Å². The molecule has 0 unspecified atom stereocenters. The first kappa shape index (κ1) is 64.5. The molecule has 83 heavy (non-hydrogen) atoms. The van der Waals surface area contributed by atoms with Gasteiger partial charge in [-0.1, -0.05) is 71.4 Å². The molecule has 4 N–H and O–H groups in total. The van der Waals surface area contributed by atoms with Gasteiger partial charge in [-0.3, -0.25) is 23.8 Å². The lowest BCUT2D eigenvalue weighted by atomic mass is 9.78. The number of nitrogens with zero attached hydrogens (tertiary/aromatic N) is 4. The van der Waals surface area contributed by atoms with Gasteiger partial charge in [0.15, 0.2) is 11.5 Å². The topological polar surface area (TPSA) is 269 Å². The highest BCUT2D eigenvalue weighted by molar-refractivity contribution is 8.04. The number of amides is 2. The van der Waals surface area contributed by atoms with E-state index in [1.165, 1.54) is 23.1 Å². The zero-order valence-electron chi connectivity index (χ0n) is 46.4. The number of hydrogen-bond donors (Lipinski definition) is 4. The first-order chi connectivity index (χ1) is 39.6. The lowest BCUT2D eigenvalue weighted by Crippen LogP contribution is -2.34. The van der Waals surface area contributed by atoms with E-state index >= 15 is 0 Å². The van der Waals surface area contributed by atoms with Gasteiger partial charge in [-0.2, -0.15) is 13.0 Å². The van der Waals surface area contributed by atoms with Gasteiger partial charge >= 0.3 is 0 Å². The molecule has 21 nitrogen and oxygen atoms in total. The molecule has 1 fully saturated rings. The van der Waals surface area contributed by atoms with E-state index in [2.05, 4.69) is 87.0 Å². The van der Waals surface area contributed by atoms with Crippen LogP contribution in [0.15, 0.2) is 117 Å². The summed E-state index contributed by atoms with van der Waals surface area (Å²) in [4.78, 5) is 41.8. The van der Waals surface area contributed by atoms with Crippen molar-refractivity contribution < 1.29 is 84.2 Å². The molecule has 1 saturated heterocycles. The van der Waals surface area contributed by atoms with Gasteiger partial charge in [-0.05, 0) is 109 Å². The van der Waals surface area contributed by atoms with Crippen LogP contribution in [0.25, 0.3) is 21.5 Å². The largest absolute Gasteiger partial charge is 0.344 e. The number of carbonyl (C=O) groups excluding carboxylic acids is 3. The number of sulfonamides is 1. The second-order valence-electron chi connectivity index (χ2n) is 21.2. The quantitative estimate of drug-likeness (QED) is 0.00718. The molecule has 448 valence electrons. The average Bonchev–Trinajstić information content (AvgIpc) is 1.87. The minimum atomic E-state index is -4.30. The highest BCUT2D eigenvalue weighted by Gasteiger charge is 2.46. The minimum absolute atomic E-state index is 0.0152. The summed E-state index contributed by atoms with van der Waals surface area (Å²) in [5.41, 5.74) is 6.38. The monoisotopic (exact) mass is 1260 g/mol. The summed E-state index contributed by atoms with van der Waals surface area (Å²) < 4.78 is 80.8. The van der Waals surface area contributed by atoms with Crippen molar-refractivity contribution in [3.05, 3.63) is 118 Å². The van der Waals surface area contributed by atoms with Crippen LogP contribution in [0, 0.1) is 0 Å². The fraction of sp³-hybridized carbons (Fsp3) is 0.429. The molecule has 4 aromatic rings. The number of rotatable bonds is 30. The molecule has 0 bridgehead atoms. The van der Waals surface area contributed by atoms with Gasteiger partial charge in [0.05, 0.1) is 34.7 Å². The molecule has 8 rings (SSSR count).